The minimum absolute atomic E-state index is 0.0471. The molecule has 1 unspecified atom stereocenters. The zero-order valence-electron chi connectivity index (χ0n) is 16.8. The fourth-order valence-corrected chi connectivity index (χ4v) is 4.66. The van der Waals surface area contributed by atoms with Crippen molar-refractivity contribution in [3.63, 3.8) is 0 Å². The maximum Gasteiger partial charge on any atom is 0.241 e. The molecule has 3 rings (SSSR count). The largest absolute Gasteiger partial charge is 0.354 e. The van der Waals surface area contributed by atoms with Gasteiger partial charge in [-0.2, -0.15) is 0 Å². The van der Waals surface area contributed by atoms with Gasteiger partial charge in [-0.25, -0.2) is 8.42 Å². The van der Waals surface area contributed by atoms with Crippen LogP contribution >= 0.6 is 0 Å². The molecule has 8 heteroatoms. The summed E-state index contributed by atoms with van der Waals surface area (Å²) in [6.07, 6.45) is 0.175. The molecule has 2 N–H and O–H groups in total. The van der Waals surface area contributed by atoms with Crippen LogP contribution in [-0.4, -0.2) is 56.3 Å². The van der Waals surface area contributed by atoms with E-state index in [0.29, 0.717) is 19.6 Å². The highest BCUT2D eigenvalue weighted by Crippen LogP contribution is 2.23. The number of nitrogens with zero attached hydrogens (tertiary/aromatic N) is 1. The van der Waals surface area contributed by atoms with Gasteiger partial charge in [0.05, 0.1) is 11.5 Å². The van der Waals surface area contributed by atoms with Crippen molar-refractivity contribution in [3.05, 3.63) is 71.8 Å². The number of carbonyl (C=O) groups excluding carboxylic acids is 2. The summed E-state index contributed by atoms with van der Waals surface area (Å²) in [5.41, 5.74) is 1.82. The number of amides is 2. The molecule has 0 bridgehead atoms. The Morgan fingerprint density at radius 3 is 2.13 bits per heavy atom. The summed E-state index contributed by atoms with van der Waals surface area (Å²) < 4.78 is 23.5. The molecule has 2 amide bonds. The minimum Gasteiger partial charge on any atom is -0.354 e. The highest BCUT2D eigenvalue weighted by molar-refractivity contribution is 7.91. The summed E-state index contributed by atoms with van der Waals surface area (Å²) in [7, 11) is -3.04. The lowest BCUT2D eigenvalue weighted by atomic mass is 10.0. The fraction of sp³-hybridized carbons (Fsp3) is 0.364. The summed E-state index contributed by atoms with van der Waals surface area (Å²) >= 11 is 0. The Bertz CT molecular complexity index is 935. The predicted octanol–water partition coefficient (Wildman–Crippen LogP) is 1.28. The summed E-state index contributed by atoms with van der Waals surface area (Å²) in [5, 5.41) is 5.68. The average Bonchev–Trinajstić information content (AvgIpc) is 2.75. The van der Waals surface area contributed by atoms with Gasteiger partial charge in [-0.1, -0.05) is 60.7 Å². The van der Waals surface area contributed by atoms with Gasteiger partial charge in [0.2, 0.25) is 11.8 Å². The van der Waals surface area contributed by atoms with E-state index in [1.807, 2.05) is 65.6 Å². The van der Waals surface area contributed by atoms with Crippen LogP contribution in [0.2, 0.25) is 0 Å². The van der Waals surface area contributed by atoms with Gasteiger partial charge in [-0.15, -0.1) is 0 Å². The zero-order valence-corrected chi connectivity index (χ0v) is 17.6. The van der Waals surface area contributed by atoms with E-state index in [1.54, 1.807) is 0 Å². The van der Waals surface area contributed by atoms with Crippen molar-refractivity contribution in [1.29, 1.82) is 0 Å². The lowest BCUT2D eigenvalue weighted by molar-refractivity contribution is -0.127. The van der Waals surface area contributed by atoms with Gasteiger partial charge < -0.3 is 10.6 Å². The zero-order chi connectivity index (χ0) is 21.4. The van der Waals surface area contributed by atoms with Gasteiger partial charge in [-0.3, -0.25) is 14.5 Å². The average molecular weight is 430 g/mol. The van der Waals surface area contributed by atoms with Crippen molar-refractivity contribution >= 4 is 21.7 Å². The van der Waals surface area contributed by atoms with E-state index in [9.17, 15) is 18.0 Å². The van der Waals surface area contributed by atoms with Crippen molar-refractivity contribution in [2.24, 2.45) is 0 Å². The van der Waals surface area contributed by atoms with Crippen LogP contribution in [0.4, 0.5) is 0 Å². The van der Waals surface area contributed by atoms with Crippen molar-refractivity contribution in [2.45, 2.75) is 19.0 Å². The maximum atomic E-state index is 12.9. The Kier molecular flexibility index (Phi) is 7.59. The van der Waals surface area contributed by atoms with E-state index in [-0.39, 0.29) is 36.3 Å². The minimum atomic E-state index is -3.04. The van der Waals surface area contributed by atoms with E-state index in [0.717, 1.165) is 11.1 Å². The second-order valence-electron chi connectivity index (χ2n) is 7.30. The van der Waals surface area contributed by atoms with Crippen LogP contribution in [-0.2, 0) is 26.0 Å². The highest BCUT2D eigenvalue weighted by Gasteiger charge is 2.32. The van der Waals surface area contributed by atoms with Crippen molar-refractivity contribution in [3.8, 4) is 0 Å². The number of hydrogen-bond donors (Lipinski definition) is 2. The van der Waals surface area contributed by atoms with Crippen LogP contribution in [0.5, 0.6) is 0 Å². The van der Waals surface area contributed by atoms with Gasteiger partial charge in [0.15, 0.2) is 9.84 Å². The molecule has 160 valence electrons. The van der Waals surface area contributed by atoms with Gasteiger partial charge >= 0.3 is 0 Å². The van der Waals surface area contributed by atoms with Crippen LogP contribution in [0.25, 0.3) is 0 Å². The van der Waals surface area contributed by atoms with Crippen molar-refractivity contribution in [1.82, 2.24) is 15.5 Å². The molecule has 0 radical (unpaired) electrons. The molecule has 0 aromatic heterocycles. The third-order valence-electron chi connectivity index (χ3n) is 5.09. The third kappa shape index (κ3) is 6.40. The number of benzene rings is 2. The first-order valence-electron chi connectivity index (χ1n) is 10.0. The summed E-state index contributed by atoms with van der Waals surface area (Å²) in [4.78, 5) is 26.9. The summed E-state index contributed by atoms with van der Waals surface area (Å²) in [6, 6.07) is 18.3. The predicted molar refractivity (Wildman–Crippen MR) is 115 cm³/mol. The Labute approximate surface area is 177 Å². The first kappa shape index (κ1) is 22.0. The molecular formula is C22H27N3O4S. The number of rotatable bonds is 8. The topological polar surface area (TPSA) is 95.6 Å². The molecule has 2 aromatic rings. The second kappa shape index (κ2) is 10.4. The van der Waals surface area contributed by atoms with Gasteiger partial charge in [0.1, 0.15) is 6.04 Å². The molecule has 1 fully saturated rings. The van der Waals surface area contributed by atoms with E-state index in [1.165, 1.54) is 0 Å². The summed E-state index contributed by atoms with van der Waals surface area (Å²) in [6.45, 7) is 1.29. The number of sulfone groups is 1. The van der Waals surface area contributed by atoms with Crippen LogP contribution < -0.4 is 10.6 Å². The Hall–Kier alpha value is -2.71. The quantitative estimate of drug-likeness (QED) is 0.659. The maximum absolute atomic E-state index is 12.9. The number of nitrogens with one attached hydrogen (secondary N) is 2. The lowest BCUT2D eigenvalue weighted by Crippen LogP contribution is -2.48. The van der Waals surface area contributed by atoms with Crippen molar-refractivity contribution < 1.29 is 18.0 Å². The van der Waals surface area contributed by atoms with Crippen LogP contribution in [0.15, 0.2) is 60.7 Å². The van der Waals surface area contributed by atoms with Crippen molar-refractivity contribution in [2.75, 3.05) is 31.1 Å². The first-order valence-corrected chi connectivity index (χ1v) is 11.8. The van der Waals surface area contributed by atoms with E-state index in [2.05, 4.69) is 10.6 Å². The lowest BCUT2D eigenvalue weighted by Gasteiger charge is -2.33. The molecule has 1 atom stereocenters. The third-order valence-corrected chi connectivity index (χ3v) is 6.70. The van der Waals surface area contributed by atoms with Gasteiger partial charge in [0.25, 0.3) is 0 Å². The molecule has 30 heavy (non-hydrogen) atoms. The Morgan fingerprint density at radius 1 is 0.900 bits per heavy atom. The Balaban J connectivity index is 1.54. The standard InChI is InChI=1S/C22H27N3O4S/c26-20(24-17-18-7-3-1-4-8-18)11-12-23-22(27)21(19-9-5-2-6-10-19)25-13-15-30(28,29)16-14-25/h1-10,21H,11-17H2,(H,23,27)(H,24,26). The SMILES string of the molecule is O=C(CCNC(=O)C(c1ccccc1)N1CCS(=O)(=O)CC1)NCc1ccccc1. The number of hydrogen-bond acceptors (Lipinski definition) is 5. The molecule has 1 aliphatic rings. The molecule has 0 aliphatic carbocycles. The summed E-state index contributed by atoms with van der Waals surface area (Å²) in [5.74, 6) is -0.271. The highest BCUT2D eigenvalue weighted by atomic mass is 32.2. The van der Waals surface area contributed by atoms with Gasteiger partial charge in [-0.05, 0) is 11.1 Å². The van der Waals surface area contributed by atoms with Crippen LogP contribution in [0.1, 0.15) is 23.6 Å². The molecule has 1 aliphatic heterocycles. The Morgan fingerprint density at radius 2 is 1.50 bits per heavy atom. The molecule has 7 nitrogen and oxygen atoms in total. The monoisotopic (exact) mass is 429 g/mol. The van der Waals surface area contributed by atoms with E-state index >= 15 is 0 Å². The second-order valence-corrected chi connectivity index (χ2v) is 9.61. The van der Waals surface area contributed by atoms with E-state index < -0.39 is 15.9 Å². The smallest absolute Gasteiger partial charge is 0.241 e. The normalized spacial score (nSPS) is 17.1. The molecule has 2 aromatic carbocycles. The molecule has 1 heterocycles. The first-order chi connectivity index (χ1) is 14.4. The molecular weight excluding hydrogens is 402 g/mol. The van der Waals surface area contributed by atoms with Crippen LogP contribution in [0, 0.1) is 0 Å². The van der Waals surface area contributed by atoms with Crippen LogP contribution in [0.3, 0.4) is 0 Å². The fourth-order valence-electron chi connectivity index (χ4n) is 3.43. The molecule has 0 spiro atoms. The number of carbonyl (C=O) groups is 2. The molecule has 1 saturated heterocycles. The molecule has 0 saturated carbocycles. The van der Waals surface area contributed by atoms with Gasteiger partial charge in [0, 0.05) is 32.6 Å². The van der Waals surface area contributed by atoms with E-state index in [4.69, 9.17) is 0 Å².